The minimum absolute atomic E-state index is 0.00207. The van der Waals surface area contributed by atoms with Crippen LogP contribution in [0.1, 0.15) is 13.8 Å². The van der Waals surface area contributed by atoms with Crippen LogP contribution in [0.3, 0.4) is 0 Å². The summed E-state index contributed by atoms with van der Waals surface area (Å²) in [5, 5.41) is 0. The maximum Gasteiger partial charge on any atom is 0.248 e. The molecular weight excluding hydrogens is 326 g/mol. The summed E-state index contributed by atoms with van der Waals surface area (Å²) >= 11 is 1.68. The number of ether oxygens (including phenoxy) is 1. The second-order valence-electron chi connectivity index (χ2n) is 7.12. The van der Waals surface area contributed by atoms with Crippen LogP contribution in [0.5, 0.6) is 0 Å². The highest BCUT2D eigenvalue weighted by Crippen LogP contribution is 2.43. The van der Waals surface area contributed by atoms with Gasteiger partial charge >= 0.3 is 0 Å². The Bertz CT molecular complexity index is 426. The fourth-order valence-corrected chi connectivity index (χ4v) is 4.54. The van der Waals surface area contributed by atoms with Crippen molar-refractivity contribution < 1.29 is 14.3 Å². The van der Waals surface area contributed by atoms with Gasteiger partial charge in [-0.15, -0.1) is 0 Å². The van der Waals surface area contributed by atoms with Crippen molar-refractivity contribution in [1.29, 1.82) is 0 Å². The molecule has 7 heteroatoms. The van der Waals surface area contributed by atoms with Crippen molar-refractivity contribution in [3.63, 3.8) is 0 Å². The molecule has 2 rings (SSSR count). The van der Waals surface area contributed by atoms with E-state index in [9.17, 15) is 9.59 Å². The molecule has 2 heterocycles. The van der Waals surface area contributed by atoms with Gasteiger partial charge in [0.15, 0.2) is 0 Å². The Morgan fingerprint density at radius 1 is 1.17 bits per heavy atom. The maximum atomic E-state index is 12.4. The lowest BCUT2D eigenvalue weighted by atomic mass is 9.80. The summed E-state index contributed by atoms with van der Waals surface area (Å²) in [5.74, 6) is 2.20. The van der Waals surface area contributed by atoms with Gasteiger partial charge in [-0.2, -0.15) is 11.8 Å². The van der Waals surface area contributed by atoms with Gasteiger partial charge in [-0.1, -0.05) is 6.92 Å². The van der Waals surface area contributed by atoms with E-state index in [1.807, 2.05) is 16.7 Å². The smallest absolute Gasteiger partial charge is 0.248 e. The van der Waals surface area contributed by atoms with Gasteiger partial charge < -0.3 is 19.4 Å². The summed E-state index contributed by atoms with van der Waals surface area (Å²) < 4.78 is 5.28. The number of carbonyl (C=O) groups excluding carboxylic acids is 2. The molecule has 0 saturated carbocycles. The predicted molar refractivity (Wildman–Crippen MR) is 97.1 cm³/mol. The van der Waals surface area contributed by atoms with Gasteiger partial charge in [0, 0.05) is 50.7 Å². The lowest BCUT2D eigenvalue weighted by Gasteiger charge is -2.32. The molecule has 2 aliphatic rings. The molecular formula is C17H31N3O3S. The number of carbonyl (C=O) groups is 2. The zero-order valence-corrected chi connectivity index (χ0v) is 16.2. The first-order valence-corrected chi connectivity index (χ1v) is 9.93. The lowest BCUT2D eigenvalue weighted by Crippen LogP contribution is -2.44. The second-order valence-corrected chi connectivity index (χ2v) is 8.39. The van der Waals surface area contributed by atoms with E-state index in [0.717, 1.165) is 38.5 Å². The van der Waals surface area contributed by atoms with Crippen molar-refractivity contribution in [3.05, 3.63) is 0 Å². The van der Waals surface area contributed by atoms with Crippen LogP contribution in [0, 0.1) is 11.3 Å². The monoisotopic (exact) mass is 357 g/mol. The summed E-state index contributed by atoms with van der Waals surface area (Å²) in [7, 11) is 4.13. The van der Waals surface area contributed by atoms with Gasteiger partial charge in [0.05, 0.1) is 5.75 Å². The summed E-state index contributed by atoms with van der Waals surface area (Å²) in [5.41, 5.74) is -0.00207. The molecule has 0 aromatic heterocycles. The van der Waals surface area contributed by atoms with Crippen molar-refractivity contribution in [2.45, 2.75) is 13.8 Å². The van der Waals surface area contributed by atoms with E-state index < -0.39 is 0 Å². The molecule has 0 aromatic rings. The van der Waals surface area contributed by atoms with Gasteiger partial charge in [0.1, 0.15) is 6.61 Å². The van der Waals surface area contributed by atoms with Crippen molar-refractivity contribution in [1.82, 2.24) is 14.7 Å². The average Bonchev–Trinajstić information content (AvgIpc) is 3.03. The van der Waals surface area contributed by atoms with Crippen LogP contribution in [-0.4, -0.2) is 98.1 Å². The third kappa shape index (κ3) is 4.43. The zero-order valence-electron chi connectivity index (χ0n) is 15.4. The van der Waals surface area contributed by atoms with E-state index in [1.165, 1.54) is 0 Å². The number of thioether (sulfide) groups is 1. The first-order valence-electron chi connectivity index (χ1n) is 8.77. The number of fused-ring (bicyclic) bond motifs is 1. The first-order chi connectivity index (χ1) is 11.4. The highest BCUT2D eigenvalue weighted by Gasteiger charge is 2.54. The quantitative estimate of drug-likeness (QED) is 0.638. The molecule has 0 radical (unpaired) electrons. The van der Waals surface area contributed by atoms with Crippen LogP contribution in [0.15, 0.2) is 0 Å². The first kappa shape index (κ1) is 19.5. The Morgan fingerprint density at radius 3 is 2.33 bits per heavy atom. The lowest BCUT2D eigenvalue weighted by molar-refractivity contribution is -0.135. The van der Waals surface area contributed by atoms with Gasteiger partial charge in [0.2, 0.25) is 11.8 Å². The number of nitrogens with zero attached hydrogens (tertiary/aromatic N) is 3. The SMILES string of the molecule is CCOCC(=O)N1CC2CN(C(=O)CSCC)CC2(CN(C)C)C1. The number of rotatable bonds is 8. The van der Waals surface area contributed by atoms with E-state index in [1.54, 1.807) is 11.8 Å². The zero-order chi connectivity index (χ0) is 17.7. The summed E-state index contributed by atoms with van der Waals surface area (Å²) in [6, 6.07) is 0. The van der Waals surface area contributed by atoms with Crippen LogP contribution in [-0.2, 0) is 14.3 Å². The minimum atomic E-state index is -0.00207. The highest BCUT2D eigenvalue weighted by atomic mass is 32.2. The van der Waals surface area contributed by atoms with Gasteiger partial charge in [-0.25, -0.2) is 0 Å². The van der Waals surface area contributed by atoms with E-state index >= 15 is 0 Å². The normalized spacial score (nSPS) is 26.3. The molecule has 2 fully saturated rings. The molecule has 2 aliphatic heterocycles. The van der Waals surface area contributed by atoms with Crippen molar-refractivity contribution >= 4 is 23.6 Å². The van der Waals surface area contributed by atoms with Crippen LogP contribution in [0.4, 0.5) is 0 Å². The highest BCUT2D eigenvalue weighted by molar-refractivity contribution is 7.99. The largest absolute Gasteiger partial charge is 0.372 e. The van der Waals surface area contributed by atoms with Crippen LogP contribution < -0.4 is 0 Å². The van der Waals surface area contributed by atoms with Gasteiger partial charge in [0.25, 0.3) is 0 Å². The number of hydrogen-bond acceptors (Lipinski definition) is 5. The third-order valence-corrected chi connectivity index (χ3v) is 5.81. The summed E-state index contributed by atoms with van der Waals surface area (Å²) in [6.45, 7) is 8.61. The standard InChI is InChI=1S/C17H31N3O3S/c1-5-23-9-15(21)19-7-14-8-20(16(22)10-24-6-2)13-17(14,12-19)11-18(3)4/h14H,5-13H2,1-4H3. The second kappa shape index (κ2) is 8.54. The molecule has 2 unspecified atom stereocenters. The topological polar surface area (TPSA) is 53.1 Å². The van der Waals surface area contributed by atoms with E-state index in [-0.39, 0.29) is 23.8 Å². The molecule has 138 valence electrons. The Hall–Kier alpha value is -0.790. The fourth-order valence-electron chi connectivity index (χ4n) is 3.97. The molecule has 0 bridgehead atoms. The summed E-state index contributed by atoms with van der Waals surface area (Å²) in [6.07, 6.45) is 0. The molecule has 6 nitrogen and oxygen atoms in total. The maximum absolute atomic E-state index is 12.4. The van der Waals surface area contributed by atoms with Crippen LogP contribution in [0.2, 0.25) is 0 Å². The molecule has 0 N–H and O–H groups in total. The molecule has 0 aromatic carbocycles. The van der Waals surface area contributed by atoms with E-state index in [2.05, 4.69) is 25.9 Å². The Morgan fingerprint density at radius 2 is 1.79 bits per heavy atom. The average molecular weight is 358 g/mol. The Kier molecular flexibility index (Phi) is 6.95. The molecule has 2 atom stereocenters. The van der Waals surface area contributed by atoms with Gasteiger partial charge in [-0.3, -0.25) is 9.59 Å². The van der Waals surface area contributed by atoms with Gasteiger partial charge in [-0.05, 0) is 26.8 Å². The predicted octanol–water partition coefficient (Wildman–Crippen LogP) is 0.625. The van der Waals surface area contributed by atoms with Crippen molar-refractivity contribution in [3.8, 4) is 0 Å². The number of likely N-dealkylation sites (tertiary alicyclic amines) is 2. The fraction of sp³-hybridized carbons (Fsp3) is 0.882. The molecule has 2 saturated heterocycles. The van der Waals surface area contributed by atoms with E-state index in [4.69, 9.17) is 4.74 Å². The summed E-state index contributed by atoms with van der Waals surface area (Å²) in [4.78, 5) is 30.9. The number of amides is 2. The Balaban J connectivity index is 2.03. The molecule has 24 heavy (non-hydrogen) atoms. The number of hydrogen-bond donors (Lipinski definition) is 0. The third-order valence-electron chi connectivity index (χ3n) is 4.95. The molecule has 0 aliphatic carbocycles. The molecule has 2 amide bonds. The van der Waals surface area contributed by atoms with Crippen LogP contribution in [0.25, 0.3) is 0 Å². The van der Waals surface area contributed by atoms with Crippen molar-refractivity contribution in [2.75, 3.05) is 71.5 Å². The minimum Gasteiger partial charge on any atom is -0.372 e. The van der Waals surface area contributed by atoms with Crippen LogP contribution >= 0.6 is 11.8 Å². The van der Waals surface area contributed by atoms with E-state index in [0.29, 0.717) is 18.3 Å². The Labute approximate surface area is 149 Å². The molecule has 0 spiro atoms. The van der Waals surface area contributed by atoms with Crippen molar-refractivity contribution in [2.24, 2.45) is 11.3 Å².